The smallest absolute Gasteiger partial charge is 0.223 e. The van der Waals surface area contributed by atoms with Gasteiger partial charge in [0.05, 0.1) is 17.3 Å². The number of fused-ring (bicyclic) bond motifs is 1. The number of hydrogen-bond acceptors (Lipinski definition) is 6. The Morgan fingerprint density at radius 2 is 1.89 bits per heavy atom. The molecular formula is C20H28N4O3S. The van der Waals surface area contributed by atoms with Crippen molar-refractivity contribution < 1.29 is 14.7 Å². The summed E-state index contributed by atoms with van der Waals surface area (Å²) in [5.74, 6) is 0.965. The van der Waals surface area contributed by atoms with Crippen molar-refractivity contribution in [2.45, 2.75) is 32.7 Å². The second-order valence-electron chi connectivity index (χ2n) is 7.47. The fourth-order valence-corrected chi connectivity index (χ4v) is 4.14. The molecule has 7 nitrogen and oxygen atoms in total. The Hall–Kier alpha value is -2.19. The van der Waals surface area contributed by atoms with Crippen LogP contribution in [0.3, 0.4) is 0 Å². The lowest BCUT2D eigenvalue weighted by Crippen LogP contribution is -2.49. The number of carbonyl (C=O) groups is 2. The molecule has 2 N–H and O–H groups in total. The lowest BCUT2D eigenvalue weighted by Gasteiger charge is -2.35. The van der Waals surface area contributed by atoms with Gasteiger partial charge >= 0.3 is 0 Å². The Morgan fingerprint density at radius 3 is 2.57 bits per heavy atom. The Labute approximate surface area is 169 Å². The molecule has 1 aliphatic heterocycles. The number of nitrogens with zero attached hydrogens (tertiary/aromatic N) is 3. The number of nitrogens with one attached hydrogen (secondary N) is 1. The maximum Gasteiger partial charge on any atom is 0.223 e. The Bertz CT molecular complexity index is 815. The highest BCUT2D eigenvalue weighted by Gasteiger charge is 2.24. The molecule has 1 aromatic carbocycles. The van der Waals surface area contributed by atoms with Crippen LogP contribution in [0.4, 0.5) is 5.82 Å². The first-order chi connectivity index (χ1) is 13.5. The summed E-state index contributed by atoms with van der Waals surface area (Å²) < 4.78 is 5.76. The minimum absolute atomic E-state index is 0.00281. The van der Waals surface area contributed by atoms with E-state index in [0.29, 0.717) is 13.1 Å². The summed E-state index contributed by atoms with van der Waals surface area (Å²) in [5.41, 5.74) is 0. The summed E-state index contributed by atoms with van der Waals surface area (Å²) in [4.78, 5) is 28.5. The number of aliphatic hydroxyl groups excluding tert-OH is 1. The zero-order valence-electron chi connectivity index (χ0n) is 16.4. The third-order valence-electron chi connectivity index (χ3n) is 5.20. The minimum atomic E-state index is -0.265. The van der Waals surface area contributed by atoms with Crippen molar-refractivity contribution in [3.63, 3.8) is 0 Å². The van der Waals surface area contributed by atoms with Crippen LogP contribution in [0.25, 0.3) is 10.1 Å². The second-order valence-corrected chi connectivity index (χ2v) is 8.28. The molecule has 1 atom stereocenters. The van der Waals surface area contributed by atoms with Crippen molar-refractivity contribution >= 4 is 39.3 Å². The second kappa shape index (κ2) is 9.34. The quantitative estimate of drug-likeness (QED) is 0.736. The summed E-state index contributed by atoms with van der Waals surface area (Å²) in [5, 5.41) is 13.2. The van der Waals surface area contributed by atoms with Crippen LogP contribution in [-0.2, 0) is 9.59 Å². The van der Waals surface area contributed by atoms with E-state index in [-0.39, 0.29) is 43.2 Å². The molecule has 0 aliphatic carbocycles. The fraction of sp³-hybridized carbons (Fsp3) is 0.550. The monoisotopic (exact) mass is 404 g/mol. The third-order valence-corrected chi connectivity index (χ3v) is 6.02. The number of rotatable bonds is 7. The van der Waals surface area contributed by atoms with Crippen molar-refractivity contribution in [2.24, 2.45) is 5.92 Å². The molecular weight excluding hydrogens is 376 g/mol. The Morgan fingerprint density at radius 1 is 1.18 bits per heavy atom. The molecule has 3 rings (SSSR count). The number of amides is 2. The van der Waals surface area contributed by atoms with Crippen LogP contribution in [0.5, 0.6) is 0 Å². The summed E-state index contributed by atoms with van der Waals surface area (Å²) in [6.45, 7) is 6.55. The van der Waals surface area contributed by atoms with E-state index in [4.69, 9.17) is 0 Å². The molecule has 1 saturated heterocycles. The van der Waals surface area contributed by atoms with Crippen molar-refractivity contribution in [1.82, 2.24) is 14.6 Å². The molecule has 2 heterocycles. The molecule has 2 amide bonds. The van der Waals surface area contributed by atoms with Crippen LogP contribution >= 0.6 is 11.5 Å². The predicted octanol–water partition coefficient (Wildman–Crippen LogP) is 1.86. The van der Waals surface area contributed by atoms with Gasteiger partial charge in [-0.2, -0.15) is 4.37 Å². The summed E-state index contributed by atoms with van der Waals surface area (Å²) >= 11 is 1.50. The Balaban J connectivity index is 1.47. The number of carbonyl (C=O) groups excluding carboxylic acids is 2. The molecule has 0 spiro atoms. The zero-order valence-corrected chi connectivity index (χ0v) is 17.2. The molecule has 1 aromatic heterocycles. The van der Waals surface area contributed by atoms with E-state index in [0.717, 1.165) is 24.3 Å². The summed E-state index contributed by atoms with van der Waals surface area (Å²) in [6, 6.07) is 7.93. The first kappa shape index (κ1) is 20.5. The van der Waals surface area contributed by atoms with Crippen molar-refractivity contribution in [1.29, 1.82) is 0 Å². The largest absolute Gasteiger partial charge is 0.394 e. The molecule has 1 aliphatic rings. The number of piperazine rings is 1. The fourth-order valence-electron chi connectivity index (χ4n) is 3.35. The predicted molar refractivity (Wildman–Crippen MR) is 112 cm³/mol. The lowest BCUT2D eigenvalue weighted by atomic mass is 10.1. The van der Waals surface area contributed by atoms with E-state index in [2.05, 4.69) is 26.7 Å². The van der Waals surface area contributed by atoms with E-state index in [9.17, 15) is 14.7 Å². The summed E-state index contributed by atoms with van der Waals surface area (Å²) in [7, 11) is 0. The highest BCUT2D eigenvalue weighted by atomic mass is 32.1. The number of aliphatic hydroxyl groups is 1. The zero-order chi connectivity index (χ0) is 20.1. The highest BCUT2D eigenvalue weighted by Crippen LogP contribution is 2.29. The molecule has 2 aromatic rings. The number of anilines is 1. The van der Waals surface area contributed by atoms with Crippen LogP contribution in [0.2, 0.25) is 0 Å². The molecule has 8 heteroatoms. The first-order valence-electron chi connectivity index (χ1n) is 9.77. The number of hydrogen-bond donors (Lipinski definition) is 2. The maximum atomic E-state index is 12.5. The van der Waals surface area contributed by atoms with Gasteiger partial charge < -0.3 is 20.2 Å². The normalized spacial score (nSPS) is 15.9. The minimum Gasteiger partial charge on any atom is -0.394 e. The molecule has 0 unspecified atom stereocenters. The molecule has 0 saturated carbocycles. The van der Waals surface area contributed by atoms with Gasteiger partial charge in [-0.25, -0.2) is 0 Å². The van der Waals surface area contributed by atoms with Crippen LogP contribution in [0, 0.1) is 5.92 Å². The first-order valence-corrected chi connectivity index (χ1v) is 10.5. The van der Waals surface area contributed by atoms with E-state index in [1.165, 1.54) is 16.2 Å². The Kier molecular flexibility index (Phi) is 6.85. The van der Waals surface area contributed by atoms with Crippen LogP contribution < -0.4 is 10.2 Å². The van der Waals surface area contributed by atoms with E-state index >= 15 is 0 Å². The van der Waals surface area contributed by atoms with Crippen molar-refractivity contribution in [3.05, 3.63) is 24.3 Å². The van der Waals surface area contributed by atoms with Crippen molar-refractivity contribution in [2.75, 3.05) is 37.7 Å². The van der Waals surface area contributed by atoms with Crippen molar-refractivity contribution in [3.8, 4) is 0 Å². The van der Waals surface area contributed by atoms with Gasteiger partial charge in [-0.1, -0.05) is 26.0 Å². The van der Waals surface area contributed by atoms with Gasteiger partial charge in [0, 0.05) is 44.4 Å². The van der Waals surface area contributed by atoms with Gasteiger partial charge in [0.1, 0.15) is 5.82 Å². The topological polar surface area (TPSA) is 85.8 Å². The van der Waals surface area contributed by atoms with E-state index < -0.39 is 0 Å². The third kappa shape index (κ3) is 4.80. The van der Waals surface area contributed by atoms with E-state index in [1.54, 1.807) is 0 Å². The number of benzene rings is 1. The van der Waals surface area contributed by atoms with Crippen LogP contribution in [-0.4, -0.2) is 65.0 Å². The average molecular weight is 405 g/mol. The molecule has 0 radical (unpaired) electrons. The van der Waals surface area contributed by atoms with Gasteiger partial charge in [-0.15, -0.1) is 0 Å². The number of aromatic nitrogens is 1. The molecule has 0 bridgehead atoms. The molecule has 152 valence electrons. The standard InChI is InChI=1S/C20H28N4O3S/c1-14(2)16(13-25)21-18(26)7-8-19(27)23-9-11-24(12-10-23)20-15-5-3-4-6-17(15)28-22-20/h3-6,14,16,25H,7-13H2,1-2H3,(H,21,26)/t16-/m1/s1. The highest BCUT2D eigenvalue weighted by molar-refractivity contribution is 7.13. The van der Waals surface area contributed by atoms with Crippen LogP contribution in [0.15, 0.2) is 24.3 Å². The molecule has 1 fully saturated rings. The van der Waals surface area contributed by atoms with Gasteiger partial charge in [-0.3, -0.25) is 9.59 Å². The maximum absolute atomic E-state index is 12.5. The van der Waals surface area contributed by atoms with E-state index in [1.807, 2.05) is 30.9 Å². The summed E-state index contributed by atoms with van der Waals surface area (Å²) in [6.07, 6.45) is 0.348. The van der Waals surface area contributed by atoms with Gasteiger partial charge in [-0.05, 0) is 29.6 Å². The average Bonchev–Trinajstić information content (AvgIpc) is 3.14. The van der Waals surface area contributed by atoms with Gasteiger partial charge in [0.2, 0.25) is 11.8 Å². The lowest BCUT2D eigenvalue weighted by molar-refractivity contribution is -0.134. The van der Waals surface area contributed by atoms with Crippen LogP contribution in [0.1, 0.15) is 26.7 Å². The molecule has 28 heavy (non-hydrogen) atoms. The van der Waals surface area contributed by atoms with Gasteiger partial charge in [0.15, 0.2) is 0 Å². The SMILES string of the molecule is CC(C)[C@@H](CO)NC(=O)CCC(=O)N1CCN(c2nsc3ccccc23)CC1. The van der Waals surface area contributed by atoms with Gasteiger partial charge in [0.25, 0.3) is 0 Å².